The number of hydrogen-bond donors (Lipinski definition) is 3. The van der Waals surface area contributed by atoms with Gasteiger partial charge in [0.05, 0.1) is 31.1 Å². The van der Waals surface area contributed by atoms with Gasteiger partial charge in [-0.3, -0.25) is 4.79 Å². The third-order valence-corrected chi connectivity index (χ3v) is 6.37. The fourth-order valence-electron chi connectivity index (χ4n) is 4.37. The fraction of sp³-hybridized carbons (Fsp3) is 0.520. The molecule has 2 aliphatic heterocycles. The summed E-state index contributed by atoms with van der Waals surface area (Å²) < 4.78 is 71.1. The van der Waals surface area contributed by atoms with Crippen LogP contribution in [-0.2, 0) is 26.5 Å². The van der Waals surface area contributed by atoms with Crippen molar-refractivity contribution in [1.29, 1.82) is 0 Å². The van der Waals surface area contributed by atoms with Crippen LogP contribution >= 0.6 is 0 Å². The molecule has 234 valence electrons. The highest BCUT2D eigenvalue weighted by molar-refractivity contribution is 5.78. The predicted octanol–water partition coefficient (Wildman–Crippen LogP) is 2.81. The van der Waals surface area contributed by atoms with Crippen LogP contribution in [-0.4, -0.2) is 107 Å². The van der Waals surface area contributed by atoms with E-state index < -0.39 is 24.3 Å². The van der Waals surface area contributed by atoms with Crippen LogP contribution in [0, 0.1) is 0 Å². The Balaban J connectivity index is 0.000000367. The van der Waals surface area contributed by atoms with Crippen molar-refractivity contribution in [3.05, 3.63) is 36.3 Å². The normalized spacial score (nSPS) is 16.0. The van der Waals surface area contributed by atoms with Crippen molar-refractivity contribution in [3.8, 4) is 17.0 Å². The lowest BCUT2D eigenvalue weighted by molar-refractivity contribution is -0.193. The van der Waals surface area contributed by atoms with Crippen molar-refractivity contribution in [2.45, 2.75) is 37.3 Å². The zero-order valence-electron chi connectivity index (χ0n) is 22.9. The first-order valence-electron chi connectivity index (χ1n) is 12.4. The first-order valence-corrected chi connectivity index (χ1v) is 12.4. The van der Waals surface area contributed by atoms with Gasteiger partial charge in [-0.25, -0.2) is 14.6 Å². The van der Waals surface area contributed by atoms with Gasteiger partial charge in [0.25, 0.3) is 0 Å². The topological polar surface area (TPSA) is 137 Å². The maximum atomic E-state index is 12.4. The molecule has 1 fully saturated rings. The first-order chi connectivity index (χ1) is 19.4. The predicted molar refractivity (Wildman–Crippen MR) is 136 cm³/mol. The number of nitrogens with zero attached hydrogens (tertiary/aromatic N) is 4. The van der Waals surface area contributed by atoms with E-state index in [-0.39, 0.29) is 11.4 Å². The summed E-state index contributed by atoms with van der Waals surface area (Å²) in [5.74, 6) is -3.35. The minimum atomic E-state index is -5.08. The number of likely N-dealkylation sites (tertiary alicyclic amines) is 1. The summed E-state index contributed by atoms with van der Waals surface area (Å²) in [7, 11) is 5.55. The number of methoxy groups -OCH3 is 1. The van der Waals surface area contributed by atoms with Gasteiger partial charge in [0.1, 0.15) is 11.6 Å². The summed E-state index contributed by atoms with van der Waals surface area (Å²) in [6.07, 6.45) is -6.40. The van der Waals surface area contributed by atoms with Crippen molar-refractivity contribution >= 4 is 17.8 Å². The molecule has 0 unspecified atom stereocenters. The number of carboxylic acid groups (broad SMARTS) is 2. The minimum Gasteiger partial charge on any atom is -0.497 e. The molecule has 3 heterocycles. The Morgan fingerprint density at radius 1 is 0.976 bits per heavy atom. The monoisotopic (exact) mass is 611 g/mol. The number of halogens is 6. The molecule has 0 saturated carbocycles. The van der Waals surface area contributed by atoms with Gasteiger partial charge in [0, 0.05) is 31.7 Å². The molecule has 11 nitrogen and oxygen atoms in total. The second kappa shape index (κ2) is 13.9. The van der Waals surface area contributed by atoms with E-state index in [4.69, 9.17) is 29.5 Å². The molecule has 0 bridgehead atoms. The molecule has 1 saturated heterocycles. The van der Waals surface area contributed by atoms with E-state index in [1.165, 1.54) is 0 Å². The molecule has 17 heteroatoms. The highest BCUT2D eigenvalue weighted by atomic mass is 19.4. The van der Waals surface area contributed by atoms with Crippen LogP contribution in [0.25, 0.3) is 11.3 Å². The molecular formula is C25H31F6N5O6. The summed E-state index contributed by atoms with van der Waals surface area (Å²) in [6, 6.07) is 8.14. The van der Waals surface area contributed by atoms with Gasteiger partial charge in [0.15, 0.2) is 0 Å². The second-order valence-corrected chi connectivity index (χ2v) is 9.58. The highest BCUT2D eigenvalue weighted by Gasteiger charge is 2.43. The van der Waals surface area contributed by atoms with Gasteiger partial charge in [-0.1, -0.05) is 0 Å². The molecule has 1 aromatic heterocycles. The number of nitrogens with one attached hydrogen (secondary N) is 1. The number of ether oxygens (including phenoxy) is 1. The van der Waals surface area contributed by atoms with Crippen LogP contribution in [0.1, 0.15) is 18.7 Å². The number of benzene rings is 1. The van der Waals surface area contributed by atoms with Gasteiger partial charge in [-0.15, -0.1) is 0 Å². The maximum absolute atomic E-state index is 12.4. The number of hydrogen-bond acceptors (Lipinski definition) is 7. The Bertz CT molecular complexity index is 1200. The third-order valence-electron chi connectivity index (χ3n) is 6.37. The number of amides is 1. The van der Waals surface area contributed by atoms with Gasteiger partial charge >= 0.3 is 24.3 Å². The van der Waals surface area contributed by atoms with Crippen molar-refractivity contribution in [2.75, 3.05) is 47.4 Å². The van der Waals surface area contributed by atoms with Crippen LogP contribution in [0.3, 0.4) is 0 Å². The number of rotatable bonds is 4. The molecule has 1 aromatic carbocycles. The smallest absolute Gasteiger partial charge is 0.490 e. The number of imidazole rings is 1. The van der Waals surface area contributed by atoms with Crippen molar-refractivity contribution in [2.24, 2.45) is 0 Å². The Hall–Kier alpha value is -3.86. The fourth-order valence-corrected chi connectivity index (χ4v) is 4.37. The van der Waals surface area contributed by atoms with E-state index in [2.05, 4.69) is 22.0 Å². The molecule has 3 N–H and O–H groups in total. The lowest BCUT2D eigenvalue weighted by Crippen LogP contribution is -2.57. The van der Waals surface area contributed by atoms with Crippen LogP contribution in [0.4, 0.5) is 26.3 Å². The largest absolute Gasteiger partial charge is 0.497 e. The van der Waals surface area contributed by atoms with Crippen LogP contribution in [0.15, 0.2) is 30.5 Å². The van der Waals surface area contributed by atoms with Gasteiger partial charge in [0.2, 0.25) is 5.91 Å². The SMILES string of the molecule is COc1ccc(-c2cnc3n2CCNC32CCN(C(=O)CN(C)C)CC2)cc1.O=C(O)C(F)(F)F.O=C(O)C(F)(F)F. The summed E-state index contributed by atoms with van der Waals surface area (Å²) in [5, 5.41) is 18.0. The summed E-state index contributed by atoms with van der Waals surface area (Å²) in [5.41, 5.74) is 2.15. The average Bonchev–Trinajstić information content (AvgIpc) is 3.34. The second-order valence-electron chi connectivity index (χ2n) is 9.58. The van der Waals surface area contributed by atoms with Crippen LogP contribution in [0.2, 0.25) is 0 Å². The summed E-state index contributed by atoms with van der Waals surface area (Å²) in [4.78, 5) is 38.9. The molecule has 1 spiro atoms. The number of fused-ring (bicyclic) bond motifs is 2. The lowest BCUT2D eigenvalue weighted by Gasteiger charge is -2.44. The van der Waals surface area contributed by atoms with Crippen molar-refractivity contribution in [3.63, 3.8) is 0 Å². The van der Waals surface area contributed by atoms with E-state index in [1.54, 1.807) is 7.11 Å². The zero-order chi connectivity index (χ0) is 31.9. The van der Waals surface area contributed by atoms with E-state index in [0.29, 0.717) is 6.54 Å². The molecular weight excluding hydrogens is 580 g/mol. The number of carbonyl (C=O) groups is 3. The molecule has 0 atom stereocenters. The average molecular weight is 612 g/mol. The zero-order valence-corrected chi connectivity index (χ0v) is 22.9. The highest BCUT2D eigenvalue weighted by Crippen LogP contribution is 2.37. The van der Waals surface area contributed by atoms with E-state index >= 15 is 0 Å². The molecule has 4 rings (SSSR count). The number of aliphatic carboxylic acids is 2. The maximum Gasteiger partial charge on any atom is 0.490 e. The van der Waals surface area contributed by atoms with Crippen LogP contribution < -0.4 is 10.1 Å². The number of carbonyl (C=O) groups excluding carboxylic acids is 1. The van der Waals surface area contributed by atoms with Crippen LogP contribution in [0.5, 0.6) is 5.75 Å². The quantitative estimate of drug-likeness (QED) is 0.446. The van der Waals surface area contributed by atoms with Gasteiger partial charge in [-0.05, 0) is 51.2 Å². The Morgan fingerprint density at radius 3 is 1.90 bits per heavy atom. The number of piperidine rings is 1. The molecule has 2 aliphatic rings. The Morgan fingerprint density at radius 2 is 1.48 bits per heavy atom. The molecule has 0 aliphatic carbocycles. The third kappa shape index (κ3) is 9.07. The number of likely N-dealkylation sites (N-methyl/N-ethyl adjacent to an activating group) is 1. The van der Waals surface area contributed by atoms with Crippen molar-refractivity contribution in [1.82, 2.24) is 24.7 Å². The Labute approximate surface area is 236 Å². The molecule has 1 amide bonds. The van der Waals surface area contributed by atoms with E-state index in [1.807, 2.05) is 42.2 Å². The van der Waals surface area contributed by atoms with E-state index in [0.717, 1.165) is 61.9 Å². The van der Waals surface area contributed by atoms with Crippen molar-refractivity contribution < 1.29 is 55.7 Å². The van der Waals surface area contributed by atoms with E-state index in [9.17, 15) is 31.1 Å². The standard InChI is InChI=1S/C21H29N5O2.2C2HF3O2/c1-24(2)15-19(27)25-11-8-21(9-12-25)20-22-14-18(26(20)13-10-23-21)16-4-6-17(28-3)7-5-16;2*3-2(4,5)1(6)7/h4-7,14,23H,8-13,15H2,1-3H3;2*(H,6,7). The van der Waals surface area contributed by atoms with Gasteiger partial charge < -0.3 is 34.6 Å². The molecule has 0 radical (unpaired) electrons. The Kier molecular flexibility index (Phi) is 11.3. The minimum absolute atomic E-state index is 0.141. The first kappa shape index (κ1) is 34.3. The number of carboxylic acids is 2. The molecule has 42 heavy (non-hydrogen) atoms. The van der Waals surface area contributed by atoms with Gasteiger partial charge in [-0.2, -0.15) is 26.3 Å². The number of aromatic nitrogens is 2. The lowest BCUT2D eigenvalue weighted by atomic mass is 9.85. The summed E-state index contributed by atoms with van der Waals surface area (Å²) >= 11 is 0. The summed E-state index contributed by atoms with van der Waals surface area (Å²) in [6.45, 7) is 3.82. The molecule has 2 aromatic rings. The number of alkyl halides is 6.